The van der Waals surface area contributed by atoms with Gasteiger partial charge >= 0.3 is 0 Å². The molecule has 0 atom stereocenters. The lowest BCUT2D eigenvalue weighted by Crippen LogP contribution is -2.29. The summed E-state index contributed by atoms with van der Waals surface area (Å²) in [4.78, 5) is 3.43. The molecule has 0 unspecified atom stereocenters. The topological polar surface area (TPSA) is 30.3 Å². The van der Waals surface area contributed by atoms with Crippen molar-refractivity contribution in [2.45, 2.75) is 0 Å². The van der Waals surface area contributed by atoms with Crippen molar-refractivity contribution >= 4 is 5.69 Å². The van der Waals surface area contributed by atoms with Gasteiger partial charge in [-0.3, -0.25) is 0 Å². The standard InChI is InChI=1S/C12H15F2N3/c1-16(2)4-5-17(3)12-10(13)6-9(8-15)7-11(12)14/h6-7H,4-5H2,1-3H3. The Kier molecular flexibility index (Phi) is 4.41. The highest BCUT2D eigenvalue weighted by molar-refractivity contribution is 5.52. The SMILES string of the molecule is CN(C)CCN(C)c1c(F)cc(C#N)cc1F. The van der Waals surface area contributed by atoms with Gasteiger partial charge in [-0.25, -0.2) is 8.78 Å². The van der Waals surface area contributed by atoms with Crippen LogP contribution in [0.15, 0.2) is 12.1 Å². The molecule has 1 rings (SSSR count). The summed E-state index contributed by atoms with van der Waals surface area (Å²) in [7, 11) is 5.40. The van der Waals surface area contributed by atoms with Gasteiger partial charge in [-0.2, -0.15) is 5.26 Å². The van der Waals surface area contributed by atoms with Crippen molar-refractivity contribution in [1.82, 2.24) is 4.90 Å². The Balaban J connectivity index is 2.94. The summed E-state index contributed by atoms with van der Waals surface area (Å²) >= 11 is 0. The molecule has 0 aromatic heterocycles. The molecule has 5 heteroatoms. The maximum absolute atomic E-state index is 13.6. The van der Waals surface area contributed by atoms with Crippen LogP contribution in [0, 0.1) is 23.0 Å². The predicted octanol–water partition coefficient (Wildman–Crippen LogP) is 1.83. The molecule has 0 amide bonds. The second-order valence-corrected chi connectivity index (χ2v) is 4.13. The normalized spacial score (nSPS) is 10.4. The zero-order valence-corrected chi connectivity index (χ0v) is 10.2. The molecule has 92 valence electrons. The molecule has 0 saturated heterocycles. The highest BCUT2D eigenvalue weighted by atomic mass is 19.1. The number of hydrogen-bond donors (Lipinski definition) is 0. The van der Waals surface area contributed by atoms with Crippen LogP contribution in [0.2, 0.25) is 0 Å². The van der Waals surface area contributed by atoms with Crippen LogP contribution < -0.4 is 4.90 Å². The van der Waals surface area contributed by atoms with E-state index in [4.69, 9.17) is 5.26 Å². The van der Waals surface area contributed by atoms with Crippen LogP contribution in [0.5, 0.6) is 0 Å². The Hall–Kier alpha value is -1.67. The quantitative estimate of drug-likeness (QED) is 0.803. The monoisotopic (exact) mass is 239 g/mol. The third-order valence-electron chi connectivity index (χ3n) is 2.41. The minimum Gasteiger partial charge on any atom is -0.369 e. The molecule has 0 N–H and O–H groups in total. The minimum atomic E-state index is -0.706. The molecule has 1 aromatic rings. The van der Waals surface area contributed by atoms with E-state index in [1.807, 2.05) is 19.0 Å². The first-order chi connectivity index (χ1) is 7.95. The first kappa shape index (κ1) is 13.4. The number of nitrogens with zero attached hydrogens (tertiary/aromatic N) is 3. The fourth-order valence-electron chi connectivity index (χ4n) is 1.46. The molecule has 0 bridgehead atoms. The largest absolute Gasteiger partial charge is 0.369 e. The lowest BCUT2D eigenvalue weighted by molar-refractivity contribution is 0.414. The molecular formula is C12H15F2N3. The van der Waals surface area contributed by atoms with Crippen LogP contribution in [0.4, 0.5) is 14.5 Å². The van der Waals surface area contributed by atoms with Crippen molar-refractivity contribution in [3.05, 3.63) is 29.3 Å². The van der Waals surface area contributed by atoms with E-state index in [0.29, 0.717) is 13.1 Å². The van der Waals surface area contributed by atoms with Crippen LogP contribution >= 0.6 is 0 Å². The number of likely N-dealkylation sites (N-methyl/N-ethyl adjacent to an activating group) is 2. The summed E-state index contributed by atoms with van der Waals surface area (Å²) in [5, 5.41) is 8.59. The Labute approximate surface area is 99.9 Å². The van der Waals surface area contributed by atoms with Gasteiger partial charge in [0.05, 0.1) is 11.6 Å². The summed E-state index contributed by atoms with van der Waals surface area (Å²) in [5.74, 6) is -1.41. The van der Waals surface area contributed by atoms with E-state index in [-0.39, 0.29) is 11.3 Å². The van der Waals surface area contributed by atoms with Gasteiger partial charge in [-0.05, 0) is 26.2 Å². The van der Waals surface area contributed by atoms with E-state index < -0.39 is 11.6 Å². The third kappa shape index (κ3) is 3.40. The van der Waals surface area contributed by atoms with Gasteiger partial charge < -0.3 is 9.80 Å². The average Bonchev–Trinajstić information content (AvgIpc) is 2.25. The first-order valence-corrected chi connectivity index (χ1v) is 5.20. The second-order valence-electron chi connectivity index (χ2n) is 4.13. The molecule has 0 aliphatic carbocycles. The lowest BCUT2D eigenvalue weighted by atomic mass is 10.2. The summed E-state index contributed by atoms with van der Waals surface area (Å²) in [6.07, 6.45) is 0. The Morgan fingerprint density at radius 2 is 1.65 bits per heavy atom. The van der Waals surface area contributed by atoms with Crippen molar-refractivity contribution in [1.29, 1.82) is 5.26 Å². The van der Waals surface area contributed by atoms with Gasteiger partial charge in [0, 0.05) is 20.1 Å². The Bertz CT molecular complexity index is 415. The zero-order chi connectivity index (χ0) is 13.0. The Morgan fingerprint density at radius 1 is 1.12 bits per heavy atom. The van der Waals surface area contributed by atoms with E-state index in [2.05, 4.69) is 0 Å². The van der Waals surface area contributed by atoms with Gasteiger partial charge in [0.2, 0.25) is 0 Å². The van der Waals surface area contributed by atoms with Crippen LogP contribution in [-0.4, -0.2) is 39.1 Å². The van der Waals surface area contributed by atoms with Gasteiger partial charge in [0.25, 0.3) is 0 Å². The fourth-order valence-corrected chi connectivity index (χ4v) is 1.46. The lowest BCUT2D eigenvalue weighted by Gasteiger charge is -2.22. The minimum absolute atomic E-state index is 0.00948. The molecular weight excluding hydrogens is 224 g/mol. The number of anilines is 1. The Morgan fingerprint density at radius 3 is 2.06 bits per heavy atom. The van der Waals surface area contributed by atoms with Gasteiger partial charge in [-0.1, -0.05) is 0 Å². The van der Waals surface area contributed by atoms with Crippen molar-refractivity contribution in [3.8, 4) is 6.07 Å². The maximum atomic E-state index is 13.6. The van der Waals surface area contributed by atoms with E-state index in [9.17, 15) is 8.78 Å². The van der Waals surface area contributed by atoms with Crippen molar-refractivity contribution in [2.24, 2.45) is 0 Å². The molecule has 17 heavy (non-hydrogen) atoms. The van der Waals surface area contributed by atoms with Crippen LogP contribution in [0.25, 0.3) is 0 Å². The van der Waals surface area contributed by atoms with Crippen LogP contribution in [-0.2, 0) is 0 Å². The molecule has 0 fully saturated rings. The first-order valence-electron chi connectivity index (χ1n) is 5.20. The highest BCUT2D eigenvalue weighted by Crippen LogP contribution is 2.23. The van der Waals surface area contributed by atoms with Crippen LogP contribution in [0.3, 0.4) is 0 Å². The van der Waals surface area contributed by atoms with Crippen LogP contribution in [0.1, 0.15) is 5.56 Å². The summed E-state index contributed by atoms with van der Waals surface area (Å²) in [6, 6.07) is 3.81. The van der Waals surface area contributed by atoms with E-state index in [1.54, 1.807) is 13.1 Å². The molecule has 0 heterocycles. The second kappa shape index (κ2) is 5.60. The fraction of sp³-hybridized carbons (Fsp3) is 0.417. The number of nitriles is 1. The third-order valence-corrected chi connectivity index (χ3v) is 2.41. The highest BCUT2D eigenvalue weighted by Gasteiger charge is 2.15. The smallest absolute Gasteiger partial charge is 0.150 e. The maximum Gasteiger partial charge on any atom is 0.150 e. The van der Waals surface area contributed by atoms with Crippen molar-refractivity contribution < 1.29 is 8.78 Å². The van der Waals surface area contributed by atoms with E-state index in [1.165, 1.54) is 4.90 Å². The molecule has 0 aliphatic heterocycles. The molecule has 0 saturated carbocycles. The number of rotatable bonds is 4. The van der Waals surface area contributed by atoms with E-state index >= 15 is 0 Å². The van der Waals surface area contributed by atoms with E-state index in [0.717, 1.165) is 12.1 Å². The van der Waals surface area contributed by atoms with Gasteiger partial charge in [0.1, 0.15) is 5.69 Å². The summed E-state index contributed by atoms with van der Waals surface area (Å²) in [5.41, 5.74) is -0.101. The van der Waals surface area contributed by atoms with Gasteiger partial charge in [-0.15, -0.1) is 0 Å². The summed E-state index contributed by atoms with van der Waals surface area (Å²) < 4.78 is 27.3. The number of halogens is 2. The van der Waals surface area contributed by atoms with Crippen molar-refractivity contribution in [3.63, 3.8) is 0 Å². The average molecular weight is 239 g/mol. The molecule has 1 aromatic carbocycles. The van der Waals surface area contributed by atoms with Gasteiger partial charge in [0.15, 0.2) is 11.6 Å². The molecule has 0 radical (unpaired) electrons. The molecule has 0 spiro atoms. The summed E-state index contributed by atoms with van der Waals surface area (Å²) in [6.45, 7) is 1.20. The van der Waals surface area contributed by atoms with Crippen molar-refractivity contribution in [2.75, 3.05) is 39.1 Å². The zero-order valence-electron chi connectivity index (χ0n) is 10.2. The molecule has 3 nitrogen and oxygen atoms in total. The number of benzene rings is 1. The number of hydrogen-bond acceptors (Lipinski definition) is 3. The molecule has 0 aliphatic rings. The predicted molar refractivity (Wildman–Crippen MR) is 62.9 cm³/mol.